The maximum atomic E-state index is 6.87. The van der Waals surface area contributed by atoms with Crippen LogP contribution in [0.5, 0.6) is 5.75 Å². The maximum Gasteiger partial charge on any atom is 0.124 e. The van der Waals surface area contributed by atoms with Crippen LogP contribution >= 0.6 is 7.49 Å². The Labute approximate surface area is 155 Å². The lowest BCUT2D eigenvalue weighted by Gasteiger charge is -2.37. The smallest absolute Gasteiger partial charge is 0.124 e. The van der Waals surface area contributed by atoms with Crippen molar-refractivity contribution in [3.8, 4) is 5.75 Å². The minimum absolute atomic E-state index is 0.886. The van der Waals surface area contributed by atoms with Crippen molar-refractivity contribution in [2.75, 3.05) is 0 Å². The van der Waals surface area contributed by atoms with Crippen LogP contribution < -0.4 is 20.4 Å². The molecule has 0 amide bonds. The minimum atomic E-state index is -2.28. The molecule has 0 heterocycles. The van der Waals surface area contributed by atoms with Gasteiger partial charge in [0.15, 0.2) is 0 Å². The van der Waals surface area contributed by atoms with Crippen molar-refractivity contribution in [1.82, 2.24) is 0 Å². The Hall–Kier alpha value is -2.89. The first-order valence-electron chi connectivity index (χ1n) is 8.70. The van der Waals surface area contributed by atoms with E-state index in [0.29, 0.717) is 0 Å². The maximum absolute atomic E-state index is 6.87. The van der Waals surface area contributed by atoms with Crippen molar-refractivity contribution in [2.45, 2.75) is 0 Å². The highest BCUT2D eigenvalue weighted by Gasteiger charge is 2.36. The molecule has 0 saturated heterocycles. The average molecular weight is 355 g/mol. The highest BCUT2D eigenvalue weighted by Crippen LogP contribution is 2.55. The first kappa shape index (κ1) is 16.6. The number of rotatable bonds is 5. The Balaban J connectivity index is 2.00. The van der Waals surface area contributed by atoms with Crippen LogP contribution in [0.4, 0.5) is 0 Å². The van der Waals surface area contributed by atoms with E-state index in [0.717, 1.165) is 5.75 Å². The standard InChI is InChI=1S/C24H20OP/c1-5-13-21(14-6-1)25-26(22-15-7-2-8-16-22,23-17-9-3-10-18-23)24-19-11-4-12-20-24/h1-20H. The van der Waals surface area contributed by atoms with Crippen LogP contribution in [0, 0.1) is 0 Å². The van der Waals surface area contributed by atoms with Gasteiger partial charge in [-0.05, 0) is 12.1 Å². The van der Waals surface area contributed by atoms with Gasteiger partial charge in [-0.1, -0.05) is 109 Å². The van der Waals surface area contributed by atoms with Gasteiger partial charge in [0.1, 0.15) is 13.2 Å². The summed E-state index contributed by atoms with van der Waals surface area (Å²) in [5.74, 6) is 0.886. The molecule has 26 heavy (non-hydrogen) atoms. The normalized spacial score (nSPS) is 11.1. The Morgan fingerprint density at radius 1 is 0.385 bits per heavy atom. The summed E-state index contributed by atoms with van der Waals surface area (Å²) in [6.45, 7) is 0. The fraction of sp³-hybridized carbons (Fsp3) is 0. The second-order valence-electron chi connectivity index (χ2n) is 6.02. The third-order valence-electron chi connectivity index (χ3n) is 4.34. The van der Waals surface area contributed by atoms with Gasteiger partial charge >= 0.3 is 0 Å². The van der Waals surface area contributed by atoms with Gasteiger partial charge in [-0.3, -0.25) is 0 Å². The van der Waals surface area contributed by atoms with Crippen molar-refractivity contribution in [3.63, 3.8) is 0 Å². The Kier molecular flexibility index (Phi) is 4.82. The van der Waals surface area contributed by atoms with E-state index in [9.17, 15) is 0 Å². The zero-order valence-corrected chi connectivity index (χ0v) is 15.3. The molecule has 4 aromatic carbocycles. The summed E-state index contributed by atoms with van der Waals surface area (Å²) in [4.78, 5) is 0. The molecule has 0 spiro atoms. The third-order valence-corrected chi connectivity index (χ3v) is 7.91. The van der Waals surface area contributed by atoms with Crippen LogP contribution in [0.15, 0.2) is 121 Å². The van der Waals surface area contributed by atoms with Gasteiger partial charge in [-0.2, -0.15) is 0 Å². The van der Waals surface area contributed by atoms with E-state index in [-0.39, 0.29) is 0 Å². The summed E-state index contributed by atoms with van der Waals surface area (Å²) in [5, 5.41) is 3.63. The first-order chi connectivity index (χ1) is 12.9. The molecule has 4 aromatic rings. The molecule has 0 saturated carbocycles. The fourth-order valence-corrected chi connectivity index (χ4v) is 6.58. The predicted octanol–water partition coefficient (Wildman–Crippen LogP) is 4.97. The average Bonchev–Trinajstić information content (AvgIpc) is 2.75. The molecule has 1 nitrogen and oxygen atoms in total. The van der Waals surface area contributed by atoms with E-state index in [4.69, 9.17) is 4.52 Å². The second-order valence-corrected chi connectivity index (χ2v) is 8.97. The van der Waals surface area contributed by atoms with Crippen molar-refractivity contribution >= 4 is 23.4 Å². The number of hydrogen-bond acceptors (Lipinski definition) is 1. The topological polar surface area (TPSA) is 9.23 Å². The summed E-state index contributed by atoms with van der Waals surface area (Å²) >= 11 is 0. The molecule has 0 fully saturated rings. The zero-order valence-electron chi connectivity index (χ0n) is 14.4. The summed E-state index contributed by atoms with van der Waals surface area (Å²) in [6, 6.07) is 41.9. The lowest BCUT2D eigenvalue weighted by molar-refractivity contribution is 0.620. The summed E-state index contributed by atoms with van der Waals surface area (Å²) in [5.41, 5.74) is 0. The minimum Gasteiger partial charge on any atom is -0.468 e. The van der Waals surface area contributed by atoms with Crippen molar-refractivity contribution in [2.24, 2.45) is 0 Å². The zero-order chi connectivity index (χ0) is 17.7. The molecule has 2 heteroatoms. The lowest BCUT2D eigenvalue weighted by atomic mass is 10.3. The first-order valence-corrected chi connectivity index (χ1v) is 10.4. The molecule has 1 radical (unpaired) electrons. The summed E-state index contributed by atoms with van der Waals surface area (Å²) in [6.07, 6.45) is 0. The lowest BCUT2D eigenvalue weighted by Crippen LogP contribution is -2.34. The van der Waals surface area contributed by atoms with Crippen LogP contribution in [0.3, 0.4) is 0 Å². The molecule has 0 aliphatic heterocycles. The largest absolute Gasteiger partial charge is 0.468 e. The van der Waals surface area contributed by atoms with E-state index in [2.05, 4.69) is 91.0 Å². The number of para-hydroxylation sites is 1. The quantitative estimate of drug-likeness (QED) is 0.459. The molecule has 0 aliphatic rings. The fourth-order valence-electron chi connectivity index (χ4n) is 3.16. The molecule has 127 valence electrons. The van der Waals surface area contributed by atoms with Gasteiger partial charge < -0.3 is 4.52 Å². The van der Waals surface area contributed by atoms with Gasteiger partial charge in [0, 0.05) is 15.9 Å². The van der Waals surface area contributed by atoms with Crippen LogP contribution in [0.1, 0.15) is 0 Å². The third kappa shape index (κ3) is 3.14. The molecule has 0 N–H and O–H groups in total. The van der Waals surface area contributed by atoms with Crippen LogP contribution in [0.2, 0.25) is 0 Å². The van der Waals surface area contributed by atoms with Crippen LogP contribution in [-0.4, -0.2) is 0 Å². The van der Waals surface area contributed by atoms with Crippen LogP contribution in [-0.2, 0) is 0 Å². The van der Waals surface area contributed by atoms with Gasteiger partial charge in [-0.15, -0.1) is 0 Å². The Bertz CT molecular complexity index is 842. The Morgan fingerprint density at radius 3 is 1.04 bits per heavy atom. The highest BCUT2D eigenvalue weighted by atomic mass is 31.2. The summed E-state index contributed by atoms with van der Waals surface area (Å²) in [7, 11) is -2.28. The van der Waals surface area contributed by atoms with Gasteiger partial charge in [0.2, 0.25) is 0 Å². The van der Waals surface area contributed by atoms with Crippen LogP contribution in [0.25, 0.3) is 0 Å². The number of hydrogen-bond donors (Lipinski definition) is 0. The second kappa shape index (κ2) is 7.56. The van der Waals surface area contributed by atoms with E-state index in [1.54, 1.807) is 0 Å². The molecule has 4 rings (SSSR count). The molecule has 0 aliphatic carbocycles. The van der Waals surface area contributed by atoms with Gasteiger partial charge in [0.25, 0.3) is 0 Å². The number of benzene rings is 4. The van der Waals surface area contributed by atoms with Crippen molar-refractivity contribution in [1.29, 1.82) is 0 Å². The Morgan fingerprint density at radius 2 is 0.692 bits per heavy atom. The molecule has 0 aromatic heterocycles. The predicted molar refractivity (Wildman–Crippen MR) is 112 cm³/mol. The molecule has 0 atom stereocenters. The van der Waals surface area contributed by atoms with E-state index in [1.807, 2.05) is 30.3 Å². The molecule has 0 bridgehead atoms. The van der Waals surface area contributed by atoms with Gasteiger partial charge in [-0.25, -0.2) is 0 Å². The van der Waals surface area contributed by atoms with Crippen molar-refractivity contribution in [3.05, 3.63) is 121 Å². The molecule has 0 unspecified atom stereocenters. The van der Waals surface area contributed by atoms with Crippen molar-refractivity contribution < 1.29 is 4.52 Å². The molecular formula is C24H20OP. The van der Waals surface area contributed by atoms with E-state index >= 15 is 0 Å². The summed E-state index contributed by atoms with van der Waals surface area (Å²) < 4.78 is 6.87. The van der Waals surface area contributed by atoms with E-state index < -0.39 is 7.49 Å². The highest BCUT2D eigenvalue weighted by molar-refractivity contribution is 7.92. The molecular weight excluding hydrogens is 335 g/mol. The van der Waals surface area contributed by atoms with E-state index in [1.165, 1.54) is 15.9 Å². The monoisotopic (exact) mass is 355 g/mol. The van der Waals surface area contributed by atoms with Gasteiger partial charge in [0.05, 0.1) is 0 Å². The SMILES string of the molecule is c1ccc(O[P](c2ccccc2)(c2ccccc2)c2ccccc2)cc1.